The lowest BCUT2D eigenvalue weighted by atomic mass is 9.90. The van der Waals surface area contributed by atoms with Gasteiger partial charge in [-0.25, -0.2) is 14.9 Å². The second-order valence-electron chi connectivity index (χ2n) is 7.25. The van der Waals surface area contributed by atoms with Gasteiger partial charge in [-0.1, -0.05) is 46.9 Å². The zero-order valence-corrected chi connectivity index (χ0v) is 17.0. The number of rotatable bonds is 2. The first-order chi connectivity index (χ1) is 13.5. The van der Waals surface area contributed by atoms with E-state index in [0.717, 1.165) is 25.1 Å². The fraction of sp³-hybridized carbons (Fsp3) is 0.300. The molecule has 2 amide bonds. The van der Waals surface area contributed by atoms with Crippen molar-refractivity contribution in [1.82, 2.24) is 10.0 Å². The summed E-state index contributed by atoms with van der Waals surface area (Å²) < 4.78 is 0. The molecule has 0 aromatic heterocycles. The van der Waals surface area contributed by atoms with Crippen molar-refractivity contribution >= 4 is 52.3 Å². The highest BCUT2D eigenvalue weighted by molar-refractivity contribution is 6.38. The lowest BCUT2D eigenvalue weighted by Crippen LogP contribution is -2.44. The molecule has 0 N–H and O–H groups in total. The van der Waals surface area contributed by atoms with Crippen LogP contribution < -0.4 is 4.90 Å². The van der Waals surface area contributed by atoms with Gasteiger partial charge in [-0.15, -0.1) is 0 Å². The molecule has 0 unspecified atom stereocenters. The topological polar surface area (TPSA) is 43.9 Å². The summed E-state index contributed by atoms with van der Waals surface area (Å²) in [7, 11) is 0. The highest BCUT2D eigenvalue weighted by atomic mass is 35.5. The van der Waals surface area contributed by atoms with Crippen molar-refractivity contribution in [3.05, 3.63) is 63.1 Å². The van der Waals surface area contributed by atoms with Crippen LogP contribution >= 0.6 is 34.8 Å². The predicted molar refractivity (Wildman–Crippen MR) is 108 cm³/mol. The van der Waals surface area contributed by atoms with Crippen LogP contribution in [-0.2, 0) is 9.59 Å². The van der Waals surface area contributed by atoms with Gasteiger partial charge in [-0.05, 0) is 42.3 Å². The van der Waals surface area contributed by atoms with Crippen LogP contribution in [0.1, 0.15) is 18.0 Å². The number of nitrogens with zero attached hydrogens (tertiary/aromatic N) is 3. The lowest BCUT2D eigenvalue weighted by molar-refractivity contribution is -0.126. The Kier molecular flexibility index (Phi) is 4.41. The van der Waals surface area contributed by atoms with Gasteiger partial charge in [0.1, 0.15) is 6.04 Å². The highest BCUT2D eigenvalue weighted by Gasteiger charge is 2.63. The number of carbonyl (C=O) groups is 2. The van der Waals surface area contributed by atoms with Crippen molar-refractivity contribution < 1.29 is 9.59 Å². The van der Waals surface area contributed by atoms with E-state index in [4.69, 9.17) is 34.8 Å². The molecule has 3 aliphatic heterocycles. The maximum Gasteiger partial charge on any atom is 0.253 e. The Morgan fingerprint density at radius 3 is 2.11 bits per heavy atom. The maximum absolute atomic E-state index is 13.5. The molecular weight excluding hydrogens is 421 g/mol. The third-order valence-corrected chi connectivity index (χ3v) is 6.56. The average molecular weight is 437 g/mol. The molecule has 0 bridgehead atoms. The number of fused-ring (bicyclic) bond motifs is 3. The van der Waals surface area contributed by atoms with Crippen molar-refractivity contribution in [2.75, 3.05) is 18.0 Å². The van der Waals surface area contributed by atoms with Gasteiger partial charge < -0.3 is 0 Å². The van der Waals surface area contributed by atoms with Gasteiger partial charge in [0.25, 0.3) is 5.91 Å². The highest BCUT2D eigenvalue weighted by Crippen LogP contribution is 2.49. The third-order valence-electron chi connectivity index (χ3n) is 5.77. The normalized spacial score (nSPS) is 27.5. The summed E-state index contributed by atoms with van der Waals surface area (Å²) in [6.45, 7) is 1.58. The minimum absolute atomic E-state index is 0.197. The summed E-state index contributed by atoms with van der Waals surface area (Å²) in [4.78, 5) is 28.0. The molecule has 2 aromatic rings. The summed E-state index contributed by atoms with van der Waals surface area (Å²) in [5.41, 5.74) is 1.37. The van der Waals surface area contributed by atoms with E-state index in [-0.39, 0.29) is 22.9 Å². The zero-order valence-electron chi connectivity index (χ0n) is 14.7. The van der Waals surface area contributed by atoms with E-state index in [9.17, 15) is 9.59 Å². The van der Waals surface area contributed by atoms with Crippen LogP contribution in [0.5, 0.6) is 0 Å². The molecule has 0 saturated carbocycles. The van der Waals surface area contributed by atoms with Gasteiger partial charge in [0.2, 0.25) is 5.91 Å². The first-order valence-electron chi connectivity index (χ1n) is 9.09. The number of benzene rings is 2. The molecule has 3 atom stereocenters. The molecule has 0 radical (unpaired) electrons. The monoisotopic (exact) mass is 435 g/mol. The number of hydrogen-bond acceptors (Lipinski definition) is 4. The summed E-state index contributed by atoms with van der Waals surface area (Å²) in [5.74, 6) is -0.947. The van der Waals surface area contributed by atoms with Crippen molar-refractivity contribution in [1.29, 1.82) is 0 Å². The average Bonchev–Trinajstić information content (AvgIpc) is 3.30. The Morgan fingerprint density at radius 1 is 0.786 bits per heavy atom. The summed E-state index contributed by atoms with van der Waals surface area (Å²) >= 11 is 18.3. The lowest BCUT2D eigenvalue weighted by Gasteiger charge is -2.30. The Bertz CT molecular complexity index is 981. The van der Waals surface area contributed by atoms with Gasteiger partial charge in [-0.2, -0.15) is 0 Å². The molecule has 2 aromatic carbocycles. The molecule has 3 fully saturated rings. The molecule has 5 rings (SSSR count). The zero-order chi connectivity index (χ0) is 19.6. The maximum atomic E-state index is 13.5. The van der Waals surface area contributed by atoms with Gasteiger partial charge in [-0.3, -0.25) is 9.59 Å². The van der Waals surface area contributed by atoms with Gasteiger partial charge >= 0.3 is 0 Å². The van der Waals surface area contributed by atoms with Crippen LogP contribution in [0.3, 0.4) is 0 Å². The largest absolute Gasteiger partial charge is 0.274 e. The van der Waals surface area contributed by atoms with E-state index in [0.29, 0.717) is 15.7 Å². The van der Waals surface area contributed by atoms with Crippen LogP contribution in [0.15, 0.2) is 42.5 Å². The Hall–Kier alpha value is -1.63. The second-order valence-corrected chi connectivity index (χ2v) is 8.53. The van der Waals surface area contributed by atoms with E-state index in [1.807, 2.05) is 29.3 Å². The minimum Gasteiger partial charge on any atom is -0.274 e. The van der Waals surface area contributed by atoms with Crippen LogP contribution in [0.2, 0.25) is 15.1 Å². The van der Waals surface area contributed by atoms with Gasteiger partial charge in [0, 0.05) is 23.1 Å². The molecular formula is C20H16Cl3N3O2. The summed E-state index contributed by atoms with van der Waals surface area (Å²) in [5, 5.41) is 5.59. The number of carbonyl (C=O) groups excluding carboxylic acids is 2. The van der Waals surface area contributed by atoms with Crippen LogP contribution in [0.25, 0.3) is 0 Å². The van der Waals surface area contributed by atoms with E-state index in [1.165, 1.54) is 4.90 Å². The van der Waals surface area contributed by atoms with E-state index in [2.05, 4.69) is 5.01 Å². The predicted octanol–water partition coefficient (Wildman–Crippen LogP) is 4.18. The van der Waals surface area contributed by atoms with Crippen molar-refractivity contribution in [2.45, 2.75) is 18.5 Å². The van der Waals surface area contributed by atoms with Crippen LogP contribution in [0, 0.1) is 5.92 Å². The first kappa shape index (κ1) is 18.4. The number of anilines is 1. The molecule has 0 aliphatic carbocycles. The number of hydrazine groups is 1. The number of amides is 2. The van der Waals surface area contributed by atoms with Gasteiger partial charge in [0.15, 0.2) is 0 Å². The van der Waals surface area contributed by atoms with E-state index in [1.54, 1.807) is 18.2 Å². The van der Waals surface area contributed by atoms with E-state index < -0.39 is 12.0 Å². The van der Waals surface area contributed by atoms with Crippen molar-refractivity contribution in [2.24, 2.45) is 5.92 Å². The first-order valence-corrected chi connectivity index (χ1v) is 10.2. The number of halogens is 3. The van der Waals surface area contributed by atoms with Crippen molar-refractivity contribution in [3.63, 3.8) is 0 Å². The standard InChI is InChI=1S/C20H16Cl3N3O2/c21-12-4-2-11(3-5-12)17-16-18(25-9-1-8-24(17)25)20(28)26(19(16)27)15-7-6-13(22)10-14(15)23/h2-7,10,16-18H,1,8-9H2/t16-,17+,18+/m1/s1. The van der Waals surface area contributed by atoms with E-state index >= 15 is 0 Å². The number of imide groups is 1. The second kappa shape index (κ2) is 6.71. The number of hydrogen-bond donors (Lipinski definition) is 0. The smallest absolute Gasteiger partial charge is 0.253 e. The molecule has 0 spiro atoms. The Balaban J connectivity index is 1.59. The Labute approximate surface area is 177 Å². The van der Waals surface area contributed by atoms with Crippen LogP contribution in [0.4, 0.5) is 5.69 Å². The van der Waals surface area contributed by atoms with Crippen LogP contribution in [-0.4, -0.2) is 41.0 Å². The molecule has 8 heteroatoms. The molecule has 144 valence electrons. The molecule has 3 saturated heterocycles. The summed E-state index contributed by atoms with van der Waals surface area (Å²) in [6, 6.07) is 11.6. The quantitative estimate of drug-likeness (QED) is 0.663. The molecule has 5 nitrogen and oxygen atoms in total. The Morgan fingerprint density at radius 2 is 1.43 bits per heavy atom. The third kappa shape index (κ3) is 2.61. The minimum atomic E-state index is -0.512. The molecule has 3 aliphatic rings. The SMILES string of the molecule is O=C1[C@H]2[C@@H](C(=O)N1c1ccc(Cl)cc1Cl)N1CCCN1[C@H]2c1ccc(Cl)cc1. The fourth-order valence-corrected chi connectivity index (χ4v) is 5.29. The van der Waals surface area contributed by atoms with Crippen molar-refractivity contribution in [3.8, 4) is 0 Å². The summed E-state index contributed by atoms with van der Waals surface area (Å²) in [6.07, 6.45) is 0.955. The molecule has 3 heterocycles. The fourth-order valence-electron chi connectivity index (χ4n) is 4.67. The molecule has 28 heavy (non-hydrogen) atoms. The van der Waals surface area contributed by atoms with Gasteiger partial charge in [0.05, 0.1) is 22.7 Å².